The number of nitrogens with zero attached hydrogens (tertiary/aromatic N) is 7. The van der Waals surface area contributed by atoms with Crippen LogP contribution in [-0.2, 0) is 0 Å². The molecule has 8 heteroatoms. The molecule has 0 aliphatic heterocycles. The lowest BCUT2D eigenvalue weighted by Crippen LogP contribution is -2.16. The number of aromatic nitrogens is 7. The molecule has 0 bridgehead atoms. The average molecular weight is 884 g/mol. The van der Waals surface area contributed by atoms with Crippen molar-refractivity contribution in [3.8, 4) is 45.9 Å². The largest absolute Gasteiger partial charge is 0.416 e. The predicted octanol–water partition coefficient (Wildman–Crippen LogP) is 15.2. The molecule has 0 atom stereocenters. The third kappa shape index (κ3) is 5.31. The van der Waals surface area contributed by atoms with Gasteiger partial charge in [0, 0.05) is 48.7 Å². The molecule has 0 spiro atoms. The van der Waals surface area contributed by atoms with Crippen molar-refractivity contribution in [2.75, 3.05) is 0 Å². The van der Waals surface area contributed by atoms with Gasteiger partial charge in [-0.3, -0.25) is 9.13 Å². The molecule has 0 amide bonds. The lowest BCUT2D eigenvalue weighted by atomic mass is 10.1. The van der Waals surface area contributed by atoms with E-state index in [1.807, 2.05) is 30.3 Å². The number of benzene rings is 9. The minimum absolute atomic E-state index is 0.356. The zero-order chi connectivity index (χ0) is 45.2. The van der Waals surface area contributed by atoms with Crippen LogP contribution < -0.4 is 0 Å². The first-order chi connectivity index (χ1) is 34.3. The van der Waals surface area contributed by atoms with Crippen molar-refractivity contribution in [2.24, 2.45) is 0 Å². The Balaban J connectivity index is 1.27. The first-order valence-corrected chi connectivity index (χ1v) is 23.2. The van der Waals surface area contributed by atoms with Crippen molar-refractivity contribution in [1.82, 2.24) is 33.4 Å². The van der Waals surface area contributed by atoms with Crippen LogP contribution in [0, 0.1) is 0 Å². The molecule has 6 heterocycles. The van der Waals surface area contributed by atoms with E-state index in [0.29, 0.717) is 23.4 Å². The third-order valence-electron chi connectivity index (χ3n) is 14.0. The monoisotopic (exact) mass is 883 g/mol. The minimum Gasteiger partial charge on any atom is -0.416 e. The molecule has 9 aromatic carbocycles. The molecular weight excluding hydrogens is 847 g/mol. The molecule has 0 fully saturated rings. The summed E-state index contributed by atoms with van der Waals surface area (Å²) >= 11 is 0. The van der Waals surface area contributed by atoms with Gasteiger partial charge in [0.05, 0.1) is 49.7 Å². The van der Waals surface area contributed by atoms with Crippen molar-refractivity contribution in [3.05, 3.63) is 224 Å². The van der Waals surface area contributed by atoms with Gasteiger partial charge in [-0.25, -0.2) is 4.98 Å². The summed E-state index contributed by atoms with van der Waals surface area (Å²) in [5, 5.41) is 19.0. The minimum atomic E-state index is 0.356. The van der Waals surface area contributed by atoms with E-state index in [9.17, 15) is 0 Å². The molecule has 0 aliphatic carbocycles. The van der Waals surface area contributed by atoms with Crippen LogP contribution in [0.2, 0.25) is 0 Å². The summed E-state index contributed by atoms with van der Waals surface area (Å²) in [6.45, 7) is 0. The Labute approximate surface area is 393 Å². The smallest absolute Gasteiger partial charge is 0.252 e. The Hall–Kier alpha value is -9.53. The number of para-hydroxylation sites is 8. The molecule has 0 radical (unpaired) electrons. The van der Waals surface area contributed by atoms with E-state index in [-0.39, 0.29) is 0 Å². The third-order valence-corrected chi connectivity index (χ3v) is 14.0. The zero-order valence-electron chi connectivity index (χ0n) is 36.9. The fourth-order valence-electron chi connectivity index (χ4n) is 11.1. The summed E-state index contributed by atoms with van der Waals surface area (Å²) in [6, 6.07) is 79.2. The number of hydrogen-bond donors (Lipinski definition) is 0. The average Bonchev–Trinajstić information content (AvgIpc) is 4.25. The maximum absolute atomic E-state index is 7.18. The summed E-state index contributed by atoms with van der Waals surface area (Å²) in [5.41, 5.74) is 11.3. The maximum Gasteiger partial charge on any atom is 0.252 e. The number of pyridine rings is 1. The predicted molar refractivity (Wildman–Crippen MR) is 280 cm³/mol. The second kappa shape index (κ2) is 14.5. The van der Waals surface area contributed by atoms with Crippen LogP contribution in [0.1, 0.15) is 0 Å². The van der Waals surface area contributed by atoms with Gasteiger partial charge < -0.3 is 13.6 Å². The summed E-state index contributed by atoms with van der Waals surface area (Å²) in [7, 11) is 0. The van der Waals surface area contributed by atoms with E-state index in [4.69, 9.17) is 19.6 Å². The normalized spacial score (nSPS) is 12.1. The van der Waals surface area contributed by atoms with Gasteiger partial charge in [-0.15, -0.1) is 10.2 Å². The van der Waals surface area contributed by atoms with E-state index in [1.165, 1.54) is 0 Å². The second-order valence-corrected chi connectivity index (χ2v) is 17.6. The molecule has 0 saturated carbocycles. The van der Waals surface area contributed by atoms with Gasteiger partial charge >= 0.3 is 0 Å². The van der Waals surface area contributed by atoms with Crippen molar-refractivity contribution < 1.29 is 4.42 Å². The Kier molecular flexibility index (Phi) is 7.91. The highest BCUT2D eigenvalue weighted by Gasteiger charge is 2.34. The molecule has 0 N–H and O–H groups in total. The SMILES string of the molecule is c1ccc(-c2nnc(-c3c(-n4c5ccccc5c5ccccc54)c(-n4c5ccccc5c5ccccc54)nc(-n4c5ccccc5c5ccccc54)c3-n3c4ccccc4c4ccccc43)o2)cc1. The summed E-state index contributed by atoms with van der Waals surface area (Å²) in [6.07, 6.45) is 0. The van der Waals surface area contributed by atoms with Crippen molar-refractivity contribution in [1.29, 1.82) is 0 Å². The van der Waals surface area contributed by atoms with E-state index < -0.39 is 0 Å². The van der Waals surface area contributed by atoms with Gasteiger partial charge in [-0.2, -0.15) is 0 Å². The first-order valence-electron chi connectivity index (χ1n) is 23.2. The highest BCUT2D eigenvalue weighted by molar-refractivity contribution is 6.15. The van der Waals surface area contributed by atoms with Crippen LogP contribution >= 0.6 is 0 Å². The molecular formula is C61H37N7O. The summed E-state index contributed by atoms with van der Waals surface area (Å²) in [4.78, 5) is 6.24. The van der Waals surface area contributed by atoms with Crippen LogP contribution in [0.3, 0.4) is 0 Å². The lowest BCUT2D eigenvalue weighted by Gasteiger charge is -2.25. The van der Waals surface area contributed by atoms with Gasteiger partial charge in [-0.1, -0.05) is 164 Å². The Morgan fingerprint density at radius 3 is 0.841 bits per heavy atom. The van der Waals surface area contributed by atoms with Crippen LogP contribution in [0.15, 0.2) is 229 Å². The second-order valence-electron chi connectivity index (χ2n) is 17.6. The van der Waals surface area contributed by atoms with Gasteiger partial charge in [-0.05, 0) is 60.7 Å². The Morgan fingerprint density at radius 2 is 0.522 bits per heavy atom. The van der Waals surface area contributed by atoms with E-state index in [1.54, 1.807) is 0 Å². The van der Waals surface area contributed by atoms with E-state index in [2.05, 4.69) is 212 Å². The van der Waals surface area contributed by atoms with E-state index in [0.717, 1.165) is 110 Å². The van der Waals surface area contributed by atoms with Crippen LogP contribution in [0.5, 0.6) is 0 Å². The highest BCUT2D eigenvalue weighted by Crippen LogP contribution is 2.48. The zero-order valence-corrected chi connectivity index (χ0v) is 36.9. The topological polar surface area (TPSA) is 71.5 Å². The molecule has 6 aromatic heterocycles. The molecule has 0 aliphatic rings. The molecule has 0 unspecified atom stereocenters. The van der Waals surface area contributed by atoms with Gasteiger partial charge in [0.2, 0.25) is 5.89 Å². The fraction of sp³-hybridized carbons (Fsp3) is 0. The Bertz CT molecular complexity index is 4100. The van der Waals surface area contributed by atoms with Crippen molar-refractivity contribution >= 4 is 87.2 Å². The van der Waals surface area contributed by atoms with Gasteiger partial charge in [0.1, 0.15) is 11.4 Å². The molecule has 8 nitrogen and oxygen atoms in total. The first kappa shape index (κ1) is 37.7. The fourth-order valence-corrected chi connectivity index (χ4v) is 11.1. The molecule has 15 aromatic rings. The van der Waals surface area contributed by atoms with Crippen LogP contribution in [0.4, 0.5) is 0 Å². The van der Waals surface area contributed by atoms with Crippen molar-refractivity contribution in [2.45, 2.75) is 0 Å². The van der Waals surface area contributed by atoms with Crippen LogP contribution in [0.25, 0.3) is 133 Å². The highest BCUT2D eigenvalue weighted by atomic mass is 16.4. The lowest BCUT2D eigenvalue weighted by molar-refractivity contribution is 0.583. The summed E-state index contributed by atoms with van der Waals surface area (Å²) in [5.74, 6) is 2.18. The number of rotatable bonds is 6. The number of hydrogen-bond acceptors (Lipinski definition) is 4. The maximum atomic E-state index is 7.18. The molecule has 322 valence electrons. The molecule has 69 heavy (non-hydrogen) atoms. The molecule has 15 rings (SSSR count). The summed E-state index contributed by atoms with van der Waals surface area (Å²) < 4.78 is 16.6. The molecule has 0 saturated heterocycles. The van der Waals surface area contributed by atoms with Crippen molar-refractivity contribution in [3.63, 3.8) is 0 Å². The quantitative estimate of drug-likeness (QED) is 0.167. The van der Waals surface area contributed by atoms with Gasteiger partial charge in [0.25, 0.3) is 5.89 Å². The Morgan fingerprint density at radius 1 is 0.261 bits per heavy atom. The van der Waals surface area contributed by atoms with E-state index >= 15 is 0 Å². The standard InChI is InChI=1S/C61H37N7O/c1-2-20-38(21-3-1)60-63-64-61(69-60)55-56(65-47-30-12-4-22-39(47)40-23-5-13-31-48(40)65)58(67-51-34-16-8-26-43(51)44-27-9-17-35-52(44)67)62-59(68-53-36-18-10-28-45(53)46-29-11-19-37-54(46)68)57(55)66-49-32-14-6-24-41(49)42-25-7-15-33-50(42)66/h1-37H. The number of fused-ring (bicyclic) bond motifs is 12. The van der Waals surface area contributed by atoms with Gasteiger partial charge in [0.15, 0.2) is 11.6 Å². The van der Waals surface area contributed by atoms with Crippen LogP contribution in [-0.4, -0.2) is 33.4 Å².